The van der Waals surface area contributed by atoms with Gasteiger partial charge < -0.3 is 20.7 Å². The minimum atomic E-state index is -0.0831. The van der Waals surface area contributed by atoms with Gasteiger partial charge in [-0.05, 0) is 30.9 Å². The van der Waals surface area contributed by atoms with Gasteiger partial charge in [0.05, 0.1) is 7.11 Å². The Hall–Kier alpha value is -1.75. The van der Waals surface area contributed by atoms with E-state index >= 15 is 0 Å². The number of ether oxygens (including phenoxy) is 1. The molecule has 2 amide bonds. The van der Waals surface area contributed by atoms with Gasteiger partial charge in [-0.15, -0.1) is 0 Å². The summed E-state index contributed by atoms with van der Waals surface area (Å²) < 4.78 is 5.16. The Labute approximate surface area is 120 Å². The lowest BCUT2D eigenvalue weighted by Crippen LogP contribution is -2.52. The van der Waals surface area contributed by atoms with Crippen LogP contribution in [0.5, 0.6) is 5.75 Å². The molecule has 2 unspecified atom stereocenters. The number of hydrogen-bond donors (Lipinski definition) is 2. The summed E-state index contributed by atoms with van der Waals surface area (Å²) in [5.74, 6) is 1.18. The maximum atomic E-state index is 12.4. The van der Waals surface area contributed by atoms with Crippen LogP contribution < -0.4 is 15.8 Å². The van der Waals surface area contributed by atoms with Gasteiger partial charge >= 0.3 is 6.03 Å². The van der Waals surface area contributed by atoms with Crippen molar-refractivity contribution in [2.45, 2.75) is 25.8 Å². The number of rotatable bonds is 3. The predicted molar refractivity (Wildman–Crippen MR) is 80.0 cm³/mol. The van der Waals surface area contributed by atoms with Gasteiger partial charge in [-0.25, -0.2) is 4.79 Å². The Balaban J connectivity index is 2.06. The van der Waals surface area contributed by atoms with E-state index < -0.39 is 0 Å². The molecule has 0 saturated carbocycles. The van der Waals surface area contributed by atoms with Crippen LogP contribution >= 0.6 is 0 Å². The van der Waals surface area contributed by atoms with Crippen molar-refractivity contribution in [3.05, 3.63) is 24.3 Å². The topological polar surface area (TPSA) is 67.6 Å². The molecule has 0 aliphatic carbocycles. The quantitative estimate of drug-likeness (QED) is 0.890. The van der Waals surface area contributed by atoms with E-state index in [1.807, 2.05) is 29.2 Å². The highest BCUT2D eigenvalue weighted by molar-refractivity contribution is 5.89. The fourth-order valence-corrected chi connectivity index (χ4v) is 2.76. The summed E-state index contributed by atoms with van der Waals surface area (Å²) in [6.07, 6.45) is 2.16. The number of nitrogens with one attached hydrogen (secondary N) is 1. The van der Waals surface area contributed by atoms with Crippen molar-refractivity contribution in [1.29, 1.82) is 0 Å². The molecule has 0 aromatic heterocycles. The van der Waals surface area contributed by atoms with Crippen LogP contribution in [-0.4, -0.2) is 37.2 Å². The highest BCUT2D eigenvalue weighted by Gasteiger charge is 2.30. The average Bonchev–Trinajstić information content (AvgIpc) is 2.47. The standard InChI is InChI=1S/C15H23N3O2/c1-11-5-4-8-18(14(11)10-16)15(19)17-12-6-3-7-13(9-12)20-2/h3,6-7,9,11,14H,4-5,8,10,16H2,1-2H3,(H,17,19). The molecule has 3 N–H and O–H groups in total. The van der Waals surface area contributed by atoms with E-state index in [4.69, 9.17) is 10.5 Å². The van der Waals surface area contributed by atoms with Crippen molar-refractivity contribution >= 4 is 11.7 Å². The van der Waals surface area contributed by atoms with Gasteiger partial charge in [-0.1, -0.05) is 13.0 Å². The number of carbonyl (C=O) groups excluding carboxylic acids is 1. The summed E-state index contributed by atoms with van der Waals surface area (Å²) in [6, 6.07) is 7.40. The fourth-order valence-electron chi connectivity index (χ4n) is 2.76. The largest absolute Gasteiger partial charge is 0.497 e. The summed E-state index contributed by atoms with van der Waals surface area (Å²) in [6.45, 7) is 3.43. The lowest BCUT2D eigenvalue weighted by atomic mass is 9.91. The van der Waals surface area contributed by atoms with Crippen molar-refractivity contribution in [3.8, 4) is 5.75 Å². The number of carbonyl (C=O) groups is 1. The summed E-state index contributed by atoms with van der Waals surface area (Å²) in [5.41, 5.74) is 6.56. The Morgan fingerprint density at radius 1 is 1.55 bits per heavy atom. The van der Waals surface area contributed by atoms with Crippen molar-refractivity contribution < 1.29 is 9.53 Å². The highest BCUT2D eigenvalue weighted by atomic mass is 16.5. The van der Waals surface area contributed by atoms with Crippen LogP contribution in [-0.2, 0) is 0 Å². The number of likely N-dealkylation sites (tertiary alicyclic amines) is 1. The first-order valence-corrected chi connectivity index (χ1v) is 7.07. The third kappa shape index (κ3) is 3.22. The first-order chi connectivity index (χ1) is 9.65. The van der Waals surface area contributed by atoms with Gasteiger partial charge in [0.1, 0.15) is 5.75 Å². The monoisotopic (exact) mass is 277 g/mol. The molecular formula is C15H23N3O2. The minimum absolute atomic E-state index is 0.0831. The van der Waals surface area contributed by atoms with Crippen LogP contribution in [0.3, 0.4) is 0 Å². The molecule has 2 rings (SSSR count). The third-order valence-electron chi connectivity index (χ3n) is 3.94. The normalized spacial score (nSPS) is 22.4. The van der Waals surface area contributed by atoms with Crippen molar-refractivity contribution in [2.24, 2.45) is 11.7 Å². The van der Waals surface area contributed by atoms with Gasteiger partial charge in [0.25, 0.3) is 0 Å². The summed E-state index contributed by atoms with van der Waals surface area (Å²) in [4.78, 5) is 14.3. The molecule has 5 heteroatoms. The van der Waals surface area contributed by atoms with E-state index in [1.165, 1.54) is 0 Å². The number of hydrogen-bond acceptors (Lipinski definition) is 3. The molecule has 0 radical (unpaired) electrons. The molecule has 20 heavy (non-hydrogen) atoms. The van der Waals surface area contributed by atoms with Crippen LogP contribution in [0.25, 0.3) is 0 Å². The second kappa shape index (κ2) is 6.61. The second-order valence-corrected chi connectivity index (χ2v) is 5.28. The lowest BCUT2D eigenvalue weighted by molar-refractivity contribution is 0.133. The summed E-state index contributed by atoms with van der Waals surface area (Å²) in [5, 5.41) is 2.92. The van der Waals surface area contributed by atoms with E-state index in [-0.39, 0.29) is 12.1 Å². The van der Waals surface area contributed by atoms with Crippen LogP contribution in [0, 0.1) is 5.92 Å². The summed E-state index contributed by atoms with van der Waals surface area (Å²) >= 11 is 0. The number of amides is 2. The molecule has 1 saturated heterocycles. The molecule has 1 fully saturated rings. The maximum Gasteiger partial charge on any atom is 0.322 e. The van der Waals surface area contributed by atoms with Gasteiger partial charge in [-0.2, -0.15) is 0 Å². The second-order valence-electron chi connectivity index (χ2n) is 5.28. The number of nitrogens with zero attached hydrogens (tertiary/aromatic N) is 1. The highest BCUT2D eigenvalue weighted by Crippen LogP contribution is 2.24. The molecule has 1 heterocycles. The Kier molecular flexibility index (Phi) is 4.84. The first kappa shape index (κ1) is 14.7. The molecule has 1 aliphatic heterocycles. The maximum absolute atomic E-state index is 12.4. The Morgan fingerprint density at radius 3 is 3.05 bits per heavy atom. The number of anilines is 1. The van der Waals surface area contributed by atoms with E-state index in [0.29, 0.717) is 12.5 Å². The van der Waals surface area contributed by atoms with Crippen molar-refractivity contribution in [3.63, 3.8) is 0 Å². The molecule has 0 bridgehead atoms. The van der Waals surface area contributed by atoms with Gasteiger partial charge in [-0.3, -0.25) is 0 Å². The van der Waals surface area contributed by atoms with Gasteiger partial charge in [0.15, 0.2) is 0 Å². The molecule has 1 aromatic rings. The smallest absolute Gasteiger partial charge is 0.322 e. The molecule has 5 nitrogen and oxygen atoms in total. The fraction of sp³-hybridized carbons (Fsp3) is 0.533. The SMILES string of the molecule is COc1cccc(NC(=O)N2CCCC(C)C2CN)c1. The zero-order valence-corrected chi connectivity index (χ0v) is 12.1. The van der Waals surface area contributed by atoms with Crippen molar-refractivity contribution in [2.75, 3.05) is 25.5 Å². The Morgan fingerprint density at radius 2 is 2.35 bits per heavy atom. The predicted octanol–water partition coefficient (Wildman–Crippen LogP) is 2.29. The Bertz CT molecular complexity index is 464. The van der Waals surface area contributed by atoms with E-state index in [1.54, 1.807) is 7.11 Å². The molecule has 110 valence electrons. The third-order valence-corrected chi connectivity index (χ3v) is 3.94. The number of benzene rings is 1. The molecule has 1 aromatic carbocycles. The van der Waals surface area contributed by atoms with Gasteiger partial charge in [0.2, 0.25) is 0 Å². The van der Waals surface area contributed by atoms with Gasteiger partial charge in [0, 0.05) is 30.9 Å². The lowest BCUT2D eigenvalue weighted by Gasteiger charge is -2.39. The minimum Gasteiger partial charge on any atom is -0.497 e. The number of piperidine rings is 1. The van der Waals surface area contributed by atoms with Crippen molar-refractivity contribution in [1.82, 2.24) is 4.90 Å². The first-order valence-electron chi connectivity index (χ1n) is 7.07. The number of methoxy groups -OCH3 is 1. The molecule has 1 aliphatic rings. The molecule has 0 spiro atoms. The molecular weight excluding hydrogens is 254 g/mol. The van der Waals surface area contributed by atoms with E-state index in [2.05, 4.69) is 12.2 Å². The number of urea groups is 1. The van der Waals surface area contributed by atoms with E-state index in [0.717, 1.165) is 30.8 Å². The van der Waals surface area contributed by atoms with Crippen LogP contribution in [0.4, 0.5) is 10.5 Å². The summed E-state index contributed by atoms with van der Waals surface area (Å²) in [7, 11) is 1.61. The van der Waals surface area contributed by atoms with E-state index in [9.17, 15) is 4.79 Å². The molecule has 2 atom stereocenters. The van der Waals surface area contributed by atoms with Crippen LogP contribution in [0.1, 0.15) is 19.8 Å². The van der Waals surface area contributed by atoms with Crippen LogP contribution in [0.2, 0.25) is 0 Å². The zero-order valence-electron chi connectivity index (χ0n) is 12.1. The van der Waals surface area contributed by atoms with Crippen LogP contribution in [0.15, 0.2) is 24.3 Å². The zero-order chi connectivity index (χ0) is 14.5. The average molecular weight is 277 g/mol. The number of nitrogens with two attached hydrogens (primary N) is 1.